The number of aliphatic hydroxyl groups is 1. The molecule has 17 heteroatoms. The summed E-state index contributed by atoms with van der Waals surface area (Å²) in [5, 5.41) is 25.5. The van der Waals surface area contributed by atoms with Gasteiger partial charge in [0.1, 0.15) is 27.9 Å². The molecule has 2 saturated heterocycles. The highest BCUT2D eigenvalue weighted by molar-refractivity contribution is 7.90. The van der Waals surface area contributed by atoms with Crippen LogP contribution < -0.4 is 19.7 Å². The van der Waals surface area contributed by atoms with E-state index in [1.54, 1.807) is 19.1 Å². The van der Waals surface area contributed by atoms with Gasteiger partial charge in [0.25, 0.3) is 15.9 Å². The number of hydrogen-bond acceptors (Lipinski definition) is 12. The molecule has 1 spiro atoms. The summed E-state index contributed by atoms with van der Waals surface area (Å²) in [7, 11) is -4.69. The molecule has 0 unspecified atom stereocenters. The van der Waals surface area contributed by atoms with E-state index in [4.69, 9.17) is 4.74 Å². The van der Waals surface area contributed by atoms with Crippen LogP contribution in [0.3, 0.4) is 0 Å². The van der Waals surface area contributed by atoms with E-state index in [0.717, 1.165) is 57.0 Å². The number of halogens is 1. The lowest BCUT2D eigenvalue weighted by atomic mass is 9.70. The molecule has 3 fully saturated rings. The summed E-state index contributed by atoms with van der Waals surface area (Å²) in [4.78, 5) is 41.2. The van der Waals surface area contributed by atoms with Crippen LogP contribution in [0.15, 0.2) is 71.9 Å². The number of aromatic amines is 1. The standard InChI is InChI=1S/C50H63FN8O7S/c1-6-41-45(27-39-40(51)29-54-46(39)55-41)66-44-25-33(57-23-20-50(21-24-57)30-58(31-50)42-16-12-15-37(42)36-14-9-8-13-35(36)32(3)4)17-18-38(44)48(60)56-67(64,65)34-26-43(59(62)63)47(53-28-34)52-22-11-10-19-49(5,61)7-2/h8-9,13-14,17-18,25-29,32,37,42,61H,6-7,10-12,15-16,19-24,30-31H2,1-5H3,(H,52,53)(H,54,55)(H,56,60)/t37-,42-,49+/m0/s1. The fourth-order valence-electron chi connectivity index (χ4n) is 10.3. The summed E-state index contributed by atoms with van der Waals surface area (Å²) in [5.41, 5.74) is 3.29. The lowest BCUT2D eigenvalue weighted by molar-refractivity contribution is -0.384. The Morgan fingerprint density at radius 3 is 2.57 bits per heavy atom. The van der Waals surface area contributed by atoms with Gasteiger partial charge in [-0.2, -0.15) is 0 Å². The molecule has 5 aromatic rings. The summed E-state index contributed by atoms with van der Waals surface area (Å²) in [6, 6.07) is 16.8. The fourth-order valence-corrected chi connectivity index (χ4v) is 11.2. The van der Waals surface area contributed by atoms with Gasteiger partial charge in [0.15, 0.2) is 0 Å². The summed E-state index contributed by atoms with van der Waals surface area (Å²) in [5.74, 6) is -0.423. The van der Waals surface area contributed by atoms with E-state index in [-0.39, 0.29) is 33.7 Å². The summed E-state index contributed by atoms with van der Waals surface area (Å²) in [6.07, 6.45) is 10.6. The van der Waals surface area contributed by atoms with Gasteiger partial charge in [-0.3, -0.25) is 19.8 Å². The van der Waals surface area contributed by atoms with Crippen LogP contribution in [0, 0.1) is 21.3 Å². The molecule has 2 aliphatic heterocycles. The molecule has 4 N–H and O–H groups in total. The second kappa shape index (κ2) is 19.5. The average Bonchev–Trinajstić information content (AvgIpc) is 3.93. The maximum absolute atomic E-state index is 14.8. The third-order valence-corrected chi connectivity index (χ3v) is 15.7. The van der Waals surface area contributed by atoms with Crippen LogP contribution in [0.4, 0.5) is 21.6 Å². The predicted molar refractivity (Wildman–Crippen MR) is 257 cm³/mol. The first-order valence-corrected chi connectivity index (χ1v) is 25.2. The number of likely N-dealkylation sites (tertiary alicyclic amines) is 1. The maximum Gasteiger partial charge on any atom is 0.312 e. The number of H-pyrrole nitrogens is 1. The number of aryl methyl sites for hydroxylation is 1. The molecule has 0 radical (unpaired) electrons. The SMILES string of the molecule is CCc1nc2[nH]cc(F)c2cc1Oc1cc(N2CCC3(CC2)CN([C@H]2CCC[C@H]2c2ccccc2C(C)C)C3)ccc1C(=O)NS(=O)(=O)c1cnc(NCCCC[C@](C)(O)CC)c([N+](=O)[O-])c1. The zero-order valence-corrected chi connectivity index (χ0v) is 39.9. The van der Waals surface area contributed by atoms with Gasteiger partial charge in [-0.05, 0) is 111 Å². The molecular formula is C50H63FN8O7S. The highest BCUT2D eigenvalue weighted by Gasteiger charge is 2.49. The fraction of sp³-hybridized carbons (Fsp3) is 0.500. The number of aromatic nitrogens is 3. The van der Waals surface area contributed by atoms with Gasteiger partial charge in [-0.1, -0.05) is 58.4 Å². The predicted octanol–water partition coefficient (Wildman–Crippen LogP) is 9.58. The molecule has 1 saturated carbocycles. The molecule has 5 heterocycles. The van der Waals surface area contributed by atoms with Gasteiger partial charge in [-0.25, -0.2) is 27.5 Å². The van der Waals surface area contributed by atoms with Gasteiger partial charge in [0.2, 0.25) is 5.82 Å². The smallest absolute Gasteiger partial charge is 0.312 e. The number of nitrogens with one attached hydrogen (secondary N) is 3. The number of fused-ring (bicyclic) bond motifs is 1. The first kappa shape index (κ1) is 47.8. The number of sulfonamides is 1. The average molecular weight is 939 g/mol. The van der Waals surface area contributed by atoms with Gasteiger partial charge in [-0.15, -0.1) is 0 Å². The van der Waals surface area contributed by atoms with Crippen molar-refractivity contribution in [3.63, 3.8) is 0 Å². The quantitative estimate of drug-likeness (QED) is 0.0370. The number of rotatable bonds is 18. The van der Waals surface area contributed by atoms with E-state index in [1.807, 2.05) is 13.8 Å². The number of unbranched alkanes of at least 4 members (excludes halogenated alkanes) is 1. The van der Waals surface area contributed by atoms with Crippen molar-refractivity contribution in [1.29, 1.82) is 0 Å². The van der Waals surface area contributed by atoms with Crippen LogP contribution in [0.25, 0.3) is 11.0 Å². The third-order valence-electron chi connectivity index (χ3n) is 14.4. The van der Waals surface area contributed by atoms with Crippen molar-refractivity contribution in [2.75, 3.05) is 42.9 Å². The number of hydrogen-bond donors (Lipinski definition) is 4. The molecule has 2 aromatic carbocycles. The minimum atomic E-state index is -4.69. The van der Waals surface area contributed by atoms with E-state index < -0.39 is 42.9 Å². The zero-order chi connectivity index (χ0) is 47.7. The number of piperidine rings is 1. The number of nitrogens with zero attached hydrogens (tertiary/aromatic N) is 5. The second-order valence-corrected chi connectivity index (χ2v) is 21.0. The van der Waals surface area contributed by atoms with Crippen molar-refractivity contribution < 1.29 is 32.4 Å². The molecule has 67 heavy (non-hydrogen) atoms. The van der Waals surface area contributed by atoms with Crippen molar-refractivity contribution in [3.05, 3.63) is 105 Å². The Kier molecular flexibility index (Phi) is 13.9. The number of carbonyl (C=O) groups excluding carboxylic acids is 1. The molecule has 8 rings (SSSR count). The van der Waals surface area contributed by atoms with E-state index >= 15 is 0 Å². The number of amides is 1. The number of carbonyl (C=O) groups is 1. The van der Waals surface area contributed by atoms with E-state index in [1.165, 1.54) is 48.7 Å². The van der Waals surface area contributed by atoms with Crippen molar-refractivity contribution in [3.8, 4) is 11.5 Å². The molecule has 3 aromatic heterocycles. The van der Waals surface area contributed by atoms with Gasteiger partial charge >= 0.3 is 5.69 Å². The second-order valence-electron chi connectivity index (χ2n) is 19.3. The Labute approximate surface area is 392 Å². The monoisotopic (exact) mass is 938 g/mol. The van der Waals surface area contributed by atoms with E-state index in [0.29, 0.717) is 67.9 Å². The van der Waals surface area contributed by atoms with Crippen molar-refractivity contribution >= 4 is 44.2 Å². The molecule has 1 aliphatic carbocycles. The largest absolute Gasteiger partial charge is 0.455 e. The molecule has 0 bridgehead atoms. The number of benzene rings is 2. The first-order valence-electron chi connectivity index (χ1n) is 23.7. The highest BCUT2D eigenvalue weighted by Crippen LogP contribution is 2.49. The molecule has 358 valence electrons. The first-order chi connectivity index (χ1) is 32.0. The summed E-state index contributed by atoms with van der Waals surface area (Å²) >= 11 is 0. The minimum Gasteiger partial charge on any atom is -0.455 e. The lowest BCUT2D eigenvalue weighted by Crippen LogP contribution is -2.63. The van der Waals surface area contributed by atoms with Gasteiger partial charge in [0.05, 0.1) is 33.4 Å². The maximum atomic E-state index is 14.8. The van der Waals surface area contributed by atoms with E-state index in [9.17, 15) is 32.8 Å². The van der Waals surface area contributed by atoms with Crippen LogP contribution in [-0.2, 0) is 16.4 Å². The molecule has 3 atom stereocenters. The molecular weight excluding hydrogens is 876 g/mol. The minimum absolute atomic E-state index is 0.0326. The zero-order valence-electron chi connectivity index (χ0n) is 39.1. The number of anilines is 2. The Morgan fingerprint density at radius 1 is 1.09 bits per heavy atom. The number of ether oxygens (including phenoxy) is 1. The Hall–Kier alpha value is -5.65. The van der Waals surface area contributed by atoms with Crippen molar-refractivity contribution in [1.82, 2.24) is 24.6 Å². The third kappa shape index (κ3) is 10.3. The Bertz CT molecular complexity index is 2730. The number of pyridine rings is 2. The topological polar surface area (TPSA) is 196 Å². The van der Waals surface area contributed by atoms with Crippen LogP contribution >= 0.6 is 0 Å². The lowest BCUT2D eigenvalue weighted by Gasteiger charge is -2.57. The van der Waals surface area contributed by atoms with Crippen molar-refractivity contribution in [2.24, 2.45) is 5.41 Å². The Morgan fingerprint density at radius 2 is 1.85 bits per heavy atom. The van der Waals surface area contributed by atoms with Crippen LogP contribution in [0.2, 0.25) is 0 Å². The normalized spacial score (nSPS) is 19.4. The summed E-state index contributed by atoms with van der Waals surface area (Å²) < 4.78 is 50.8. The van der Waals surface area contributed by atoms with E-state index in [2.05, 4.69) is 72.9 Å². The van der Waals surface area contributed by atoms with Crippen LogP contribution in [0.5, 0.6) is 11.5 Å². The van der Waals surface area contributed by atoms with Gasteiger partial charge < -0.3 is 25.0 Å². The summed E-state index contributed by atoms with van der Waals surface area (Å²) in [6.45, 7) is 14.1. The molecule has 15 nitrogen and oxygen atoms in total. The Balaban J connectivity index is 0.994. The van der Waals surface area contributed by atoms with Gasteiger partial charge in [0, 0.05) is 62.8 Å². The van der Waals surface area contributed by atoms with Crippen LogP contribution in [-0.4, -0.2) is 88.6 Å². The highest BCUT2D eigenvalue weighted by atomic mass is 32.2. The molecule has 1 amide bonds. The van der Waals surface area contributed by atoms with Crippen molar-refractivity contribution in [2.45, 2.75) is 127 Å². The van der Waals surface area contributed by atoms with Crippen LogP contribution in [0.1, 0.15) is 131 Å². The number of nitro groups is 1. The molecule has 3 aliphatic rings.